The van der Waals surface area contributed by atoms with Crippen molar-refractivity contribution >= 4 is 38.8 Å². The highest BCUT2D eigenvalue weighted by molar-refractivity contribution is 7.92. The van der Waals surface area contributed by atoms with E-state index >= 15 is 0 Å². The summed E-state index contributed by atoms with van der Waals surface area (Å²) in [6.45, 7) is 0. The van der Waals surface area contributed by atoms with Gasteiger partial charge in [-0.2, -0.15) is 9.78 Å². The fourth-order valence-electron chi connectivity index (χ4n) is 5.68. The second-order valence-corrected chi connectivity index (χ2v) is 13.2. The number of aromatic nitrogens is 3. The quantitative estimate of drug-likeness (QED) is 0.584. The van der Waals surface area contributed by atoms with Crippen molar-refractivity contribution in [2.24, 2.45) is 5.73 Å². The van der Waals surface area contributed by atoms with E-state index in [-0.39, 0.29) is 10.8 Å². The average molecular weight is 489 g/mol. The molecule has 0 aliphatic heterocycles. The Hall–Kier alpha value is -2.23. The first kappa shape index (κ1) is 20.4. The number of hydrogen-bond acceptors (Lipinski definition) is 6. The van der Waals surface area contributed by atoms with Crippen LogP contribution in [0.5, 0.6) is 0 Å². The van der Waals surface area contributed by atoms with Crippen molar-refractivity contribution in [2.75, 3.05) is 6.26 Å². The van der Waals surface area contributed by atoms with Gasteiger partial charge in [0, 0.05) is 44.8 Å². The SMILES string of the molecule is CS(=O)(=O)C1(c2nn(C(N)=O)cc2C23CC(c4nc(-c5ccc(Cl)cc5)cs4)(C2)C3)CC1. The Balaban J connectivity index is 1.31. The minimum atomic E-state index is -3.35. The molecule has 4 aliphatic rings. The van der Waals surface area contributed by atoms with Crippen LogP contribution in [0.15, 0.2) is 35.8 Å². The highest BCUT2D eigenvalue weighted by Gasteiger charge is 2.72. The summed E-state index contributed by atoms with van der Waals surface area (Å²) in [4.78, 5) is 16.7. The topological polar surface area (TPSA) is 108 Å². The minimum absolute atomic E-state index is 0.0171. The molecule has 1 amide bonds. The number of benzene rings is 1. The first-order valence-electron chi connectivity index (χ1n) is 10.4. The predicted molar refractivity (Wildman–Crippen MR) is 123 cm³/mol. The number of hydrogen-bond donors (Lipinski definition) is 1. The number of halogens is 1. The van der Waals surface area contributed by atoms with Gasteiger partial charge in [0.2, 0.25) is 0 Å². The van der Waals surface area contributed by atoms with Crippen LogP contribution >= 0.6 is 22.9 Å². The van der Waals surface area contributed by atoms with Gasteiger partial charge in [-0.15, -0.1) is 11.3 Å². The number of nitrogens with zero attached hydrogens (tertiary/aromatic N) is 3. The van der Waals surface area contributed by atoms with Crippen molar-refractivity contribution in [1.82, 2.24) is 14.8 Å². The fraction of sp³-hybridized carbons (Fsp3) is 0.409. The van der Waals surface area contributed by atoms with Crippen molar-refractivity contribution in [1.29, 1.82) is 0 Å². The molecule has 1 aromatic carbocycles. The summed E-state index contributed by atoms with van der Waals surface area (Å²) < 4.78 is 25.2. The first-order valence-corrected chi connectivity index (χ1v) is 13.5. The molecule has 7 rings (SSSR count). The highest BCUT2D eigenvalue weighted by Crippen LogP contribution is 2.75. The first-order chi connectivity index (χ1) is 15.1. The van der Waals surface area contributed by atoms with Gasteiger partial charge in [0.25, 0.3) is 0 Å². The zero-order chi connectivity index (χ0) is 22.5. The van der Waals surface area contributed by atoms with E-state index < -0.39 is 20.6 Å². The Morgan fingerprint density at radius 3 is 2.38 bits per heavy atom. The molecule has 4 aliphatic carbocycles. The highest BCUT2D eigenvalue weighted by atomic mass is 35.5. The van der Waals surface area contributed by atoms with E-state index in [9.17, 15) is 13.2 Å². The molecule has 0 atom stereocenters. The van der Waals surface area contributed by atoms with Gasteiger partial charge in [0.1, 0.15) is 4.75 Å². The molecule has 2 bridgehead atoms. The zero-order valence-electron chi connectivity index (χ0n) is 17.3. The van der Waals surface area contributed by atoms with E-state index in [1.165, 1.54) is 6.26 Å². The number of carbonyl (C=O) groups is 1. The second kappa shape index (κ2) is 6.21. The molecule has 3 aromatic rings. The lowest BCUT2D eigenvalue weighted by atomic mass is 9.33. The standard InChI is InChI=1S/C22H21ClN4O3S2/c1-32(29,30)22(6-7-22)17-15(8-27(26-17)19(24)28)20-10-21(11-20,12-20)18-25-16(9-31-18)13-2-4-14(23)5-3-13/h2-5,8-9H,6-7,10-12H2,1H3,(H2,24,28). The Morgan fingerprint density at radius 1 is 1.16 bits per heavy atom. The monoisotopic (exact) mass is 488 g/mol. The van der Waals surface area contributed by atoms with Crippen LogP contribution in [-0.4, -0.2) is 35.5 Å². The molecule has 10 heteroatoms. The van der Waals surface area contributed by atoms with E-state index in [1.54, 1.807) is 17.5 Å². The van der Waals surface area contributed by atoms with Gasteiger partial charge < -0.3 is 5.73 Å². The smallest absolute Gasteiger partial charge is 0.339 e. The molecule has 166 valence electrons. The summed E-state index contributed by atoms with van der Waals surface area (Å²) in [6.07, 6.45) is 6.62. The molecule has 4 fully saturated rings. The lowest BCUT2D eigenvalue weighted by Gasteiger charge is -2.70. The molecule has 2 heterocycles. The van der Waals surface area contributed by atoms with Crippen LogP contribution in [-0.2, 0) is 25.4 Å². The summed E-state index contributed by atoms with van der Waals surface area (Å²) in [5.41, 5.74) is 8.69. The molecule has 32 heavy (non-hydrogen) atoms. The van der Waals surface area contributed by atoms with E-state index in [4.69, 9.17) is 22.3 Å². The van der Waals surface area contributed by atoms with Crippen molar-refractivity contribution < 1.29 is 13.2 Å². The summed E-state index contributed by atoms with van der Waals surface area (Å²) >= 11 is 7.66. The van der Waals surface area contributed by atoms with Crippen molar-refractivity contribution in [2.45, 2.75) is 47.7 Å². The molecule has 4 saturated carbocycles. The number of rotatable bonds is 5. The van der Waals surface area contributed by atoms with Crippen molar-refractivity contribution in [3.8, 4) is 11.3 Å². The van der Waals surface area contributed by atoms with Crippen LogP contribution in [0, 0.1) is 0 Å². The van der Waals surface area contributed by atoms with Crippen LogP contribution in [0.4, 0.5) is 4.79 Å². The van der Waals surface area contributed by atoms with E-state index in [0.29, 0.717) is 23.6 Å². The Morgan fingerprint density at radius 2 is 1.81 bits per heavy atom. The lowest BCUT2D eigenvalue weighted by Crippen LogP contribution is -2.67. The molecule has 0 unspecified atom stereocenters. The third-order valence-corrected chi connectivity index (χ3v) is 10.8. The lowest BCUT2D eigenvalue weighted by molar-refractivity contribution is -0.0700. The van der Waals surface area contributed by atoms with Crippen LogP contribution in [0.3, 0.4) is 0 Å². The molecule has 0 spiro atoms. The van der Waals surface area contributed by atoms with E-state index in [2.05, 4.69) is 10.5 Å². The predicted octanol–water partition coefficient (Wildman–Crippen LogP) is 3.99. The van der Waals surface area contributed by atoms with Gasteiger partial charge in [-0.1, -0.05) is 23.7 Å². The Labute approximate surface area is 194 Å². The number of thiazole rings is 1. The minimum Gasteiger partial charge on any atom is -0.350 e. The summed E-state index contributed by atoms with van der Waals surface area (Å²) in [5.74, 6) is 0. The maximum absolute atomic E-state index is 12.6. The summed E-state index contributed by atoms with van der Waals surface area (Å²) in [5, 5.41) is 8.25. The third-order valence-electron chi connectivity index (χ3n) is 7.49. The van der Waals surface area contributed by atoms with E-state index in [1.807, 2.05) is 24.3 Å². The maximum Gasteiger partial charge on any atom is 0.339 e. The zero-order valence-corrected chi connectivity index (χ0v) is 19.7. The number of carbonyl (C=O) groups excluding carboxylic acids is 1. The number of primary amides is 1. The van der Waals surface area contributed by atoms with Crippen LogP contribution in [0.1, 0.15) is 48.4 Å². The molecule has 2 aromatic heterocycles. The fourth-order valence-corrected chi connectivity index (χ4v) is 8.18. The number of sulfone groups is 1. The van der Waals surface area contributed by atoms with Crippen LogP contribution in [0.25, 0.3) is 11.3 Å². The van der Waals surface area contributed by atoms with Gasteiger partial charge in [-0.05, 0) is 44.2 Å². The van der Waals surface area contributed by atoms with Crippen molar-refractivity contribution in [3.05, 3.63) is 57.1 Å². The average Bonchev–Trinajstić information content (AvgIpc) is 3.14. The molecule has 0 saturated heterocycles. The molecular formula is C22H21ClN4O3S2. The van der Waals surface area contributed by atoms with Gasteiger partial charge in [-0.25, -0.2) is 18.2 Å². The van der Waals surface area contributed by atoms with E-state index in [0.717, 1.165) is 45.8 Å². The van der Waals surface area contributed by atoms with Gasteiger partial charge in [-0.3, -0.25) is 0 Å². The van der Waals surface area contributed by atoms with Crippen molar-refractivity contribution in [3.63, 3.8) is 0 Å². The van der Waals surface area contributed by atoms with Gasteiger partial charge in [0.15, 0.2) is 9.84 Å². The Kier molecular flexibility index (Phi) is 3.96. The van der Waals surface area contributed by atoms with Gasteiger partial charge in [0.05, 0.1) is 16.4 Å². The normalized spacial score (nSPS) is 27.4. The largest absolute Gasteiger partial charge is 0.350 e. The van der Waals surface area contributed by atoms with Gasteiger partial charge >= 0.3 is 6.03 Å². The van der Waals surface area contributed by atoms with Crippen LogP contribution in [0.2, 0.25) is 5.02 Å². The number of amides is 1. The second-order valence-electron chi connectivity index (χ2n) is 9.58. The third kappa shape index (κ3) is 2.64. The Bertz CT molecular complexity index is 1370. The summed E-state index contributed by atoms with van der Waals surface area (Å²) in [7, 11) is -3.35. The molecular weight excluding hydrogens is 468 g/mol. The maximum atomic E-state index is 12.6. The molecule has 7 nitrogen and oxygen atoms in total. The van der Waals surface area contributed by atoms with Crippen LogP contribution < -0.4 is 5.73 Å². The molecule has 2 N–H and O–H groups in total. The molecule has 0 radical (unpaired) electrons. The summed E-state index contributed by atoms with van der Waals surface area (Å²) in [6, 6.07) is 6.96. The number of nitrogens with two attached hydrogens (primary N) is 1.